The summed E-state index contributed by atoms with van der Waals surface area (Å²) in [5.74, 6) is -0.438. The molecule has 6 heteroatoms. The summed E-state index contributed by atoms with van der Waals surface area (Å²) in [5, 5.41) is 0.405. The van der Waals surface area contributed by atoms with Crippen molar-refractivity contribution in [3.63, 3.8) is 0 Å². The van der Waals surface area contributed by atoms with Gasteiger partial charge in [-0.3, -0.25) is 0 Å². The Balaban J connectivity index is 3.11. The molecule has 16 heavy (non-hydrogen) atoms. The van der Waals surface area contributed by atoms with Gasteiger partial charge in [0.2, 0.25) is 0 Å². The summed E-state index contributed by atoms with van der Waals surface area (Å²) in [4.78, 5) is 29.1. The number of thioether (sulfide) groups is 1. The molecule has 5 nitrogen and oxygen atoms in total. The molecule has 1 heterocycles. The first-order chi connectivity index (χ1) is 7.60. The lowest BCUT2D eigenvalue weighted by atomic mass is 10.2. The van der Waals surface area contributed by atoms with Crippen LogP contribution in [0.1, 0.15) is 29.4 Å². The van der Waals surface area contributed by atoms with E-state index < -0.39 is 11.7 Å². The molecule has 0 fully saturated rings. The van der Waals surface area contributed by atoms with Crippen molar-refractivity contribution >= 4 is 17.7 Å². The van der Waals surface area contributed by atoms with Crippen LogP contribution >= 0.6 is 11.8 Å². The molecule has 0 bridgehead atoms. The molecule has 0 atom stereocenters. The third-order valence-corrected chi connectivity index (χ3v) is 2.60. The SMILES string of the molecule is CCCOC(=O)c1c(SC)nc(=O)[nH]c1C. The Hall–Kier alpha value is -1.30. The second-order valence-electron chi connectivity index (χ2n) is 3.19. The van der Waals surface area contributed by atoms with Crippen molar-refractivity contribution in [2.75, 3.05) is 12.9 Å². The lowest BCUT2D eigenvalue weighted by molar-refractivity contribution is 0.0498. The number of aromatic amines is 1. The molecule has 0 amide bonds. The van der Waals surface area contributed by atoms with Crippen LogP contribution < -0.4 is 5.69 Å². The number of hydrogen-bond acceptors (Lipinski definition) is 5. The van der Waals surface area contributed by atoms with E-state index >= 15 is 0 Å². The van der Waals surface area contributed by atoms with Gasteiger partial charge in [0.15, 0.2) is 0 Å². The van der Waals surface area contributed by atoms with E-state index in [1.807, 2.05) is 6.92 Å². The molecule has 1 N–H and O–H groups in total. The first-order valence-electron chi connectivity index (χ1n) is 4.92. The molecule has 0 saturated heterocycles. The second kappa shape index (κ2) is 5.69. The van der Waals surface area contributed by atoms with E-state index in [1.165, 1.54) is 11.8 Å². The number of ether oxygens (including phenoxy) is 1. The summed E-state index contributed by atoms with van der Waals surface area (Å²) in [6, 6.07) is 0. The number of H-pyrrole nitrogens is 1. The predicted octanol–water partition coefficient (Wildman–Crippen LogP) is 1.37. The minimum atomic E-state index is -0.450. The zero-order valence-corrected chi connectivity index (χ0v) is 10.3. The zero-order valence-electron chi connectivity index (χ0n) is 9.49. The number of nitrogens with zero attached hydrogens (tertiary/aromatic N) is 1. The van der Waals surface area contributed by atoms with Gasteiger partial charge < -0.3 is 9.72 Å². The maximum Gasteiger partial charge on any atom is 0.346 e. The van der Waals surface area contributed by atoms with E-state index in [0.717, 1.165) is 6.42 Å². The van der Waals surface area contributed by atoms with Crippen LogP contribution in [-0.2, 0) is 4.74 Å². The average Bonchev–Trinajstić information content (AvgIpc) is 2.24. The van der Waals surface area contributed by atoms with Gasteiger partial charge in [-0.05, 0) is 19.6 Å². The number of hydrogen-bond donors (Lipinski definition) is 1. The maximum atomic E-state index is 11.7. The summed E-state index contributed by atoms with van der Waals surface area (Å²) >= 11 is 1.25. The number of carbonyl (C=O) groups is 1. The second-order valence-corrected chi connectivity index (χ2v) is 3.98. The number of carbonyl (C=O) groups excluding carboxylic acids is 1. The first-order valence-corrected chi connectivity index (χ1v) is 6.14. The van der Waals surface area contributed by atoms with Gasteiger partial charge in [-0.2, -0.15) is 4.98 Å². The molecule has 1 aromatic heterocycles. The summed E-state index contributed by atoms with van der Waals surface area (Å²) in [7, 11) is 0. The molecule has 88 valence electrons. The highest BCUT2D eigenvalue weighted by Gasteiger charge is 2.17. The Labute approximate surface area is 97.6 Å². The summed E-state index contributed by atoms with van der Waals surface area (Å²) in [5.41, 5.74) is 0.389. The van der Waals surface area contributed by atoms with Gasteiger partial charge in [0.05, 0.1) is 6.61 Å². The molecule has 1 rings (SSSR count). The van der Waals surface area contributed by atoms with Gasteiger partial charge in [0, 0.05) is 5.69 Å². The van der Waals surface area contributed by atoms with Crippen molar-refractivity contribution in [2.45, 2.75) is 25.3 Å². The van der Waals surface area contributed by atoms with Crippen molar-refractivity contribution in [2.24, 2.45) is 0 Å². The topological polar surface area (TPSA) is 72.0 Å². The van der Waals surface area contributed by atoms with E-state index in [-0.39, 0.29) is 0 Å². The molecule has 0 aliphatic carbocycles. The number of nitrogens with one attached hydrogen (secondary N) is 1. The third kappa shape index (κ3) is 2.85. The fourth-order valence-electron chi connectivity index (χ4n) is 1.21. The van der Waals surface area contributed by atoms with E-state index in [2.05, 4.69) is 9.97 Å². The largest absolute Gasteiger partial charge is 0.462 e. The van der Waals surface area contributed by atoms with Crippen LogP contribution in [0.4, 0.5) is 0 Å². The van der Waals surface area contributed by atoms with Gasteiger partial charge in [-0.15, -0.1) is 11.8 Å². The summed E-state index contributed by atoms with van der Waals surface area (Å²) in [6.45, 7) is 3.94. The Bertz CT molecular complexity index is 442. The maximum absolute atomic E-state index is 11.7. The fourth-order valence-corrected chi connectivity index (χ4v) is 1.83. The van der Waals surface area contributed by atoms with Gasteiger partial charge in [-0.1, -0.05) is 6.92 Å². The number of aryl methyl sites for hydroxylation is 1. The van der Waals surface area contributed by atoms with E-state index in [0.29, 0.717) is 22.9 Å². The number of rotatable bonds is 4. The highest BCUT2D eigenvalue weighted by Crippen LogP contribution is 2.18. The van der Waals surface area contributed by atoms with Gasteiger partial charge in [0.25, 0.3) is 0 Å². The Kier molecular flexibility index (Phi) is 4.54. The molecule has 0 aromatic carbocycles. The molecule has 0 unspecified atom stereocenters. The molecule has 0 spiro atoms. The van der Waals surface area contributed by atoms with Crippen LogP contribution in [0.5, 0.6) is 0 Å². The van der Waals surface area contributed by atoms with Crippen molar-refractivity contribution < 1.29 is 9.53 Å². The van der Waals surface area contributed by atoms with Crippen LogP contribution in [0.25, 0.3) is 0 Å². The Morgan fingerprint density at radius 1 is 1.56 bits per heavy atom. The Morgan fingerprint density at radius 3 is 2.81 bits per heavy atom. The zero-order chi connectivity index (χ0) is 12.1. The number of esters is 1. The van der Waals surface area contributed by atoms with Crippen LogP contribution in [0, 0.1) is 6.92 Å². The van der Waals surface area contributed by atoms with Crippen LogP contribution in [0.15, 0.2) is 9.82 Å². The van der Waals surface area contributed by atoms with Crippen molar-refractivity contribution in [1.82, 2.24) is 9.97 Å². The average molecular weight is 242 g/mol. The van der Waals surface area contributed by atoms with E-state index in [1.54, 1.807) is 13.2 Å². The molecule has 0 radical (unpaired) electrons. The minimum absolute atomic E-state index is 0.348. The smallest absolute Gasteiger partial charge is 0.346 e. The van der Waals surface area contributed by atoms with Crippen molar-refractivity contribution in [1.29, 1.82) is 0 Å². The lowest BCUT2D eigenvalue weighted by Gasteiger charge is -2.08. The van der Waals surface area contributed by atoms with Crippen molar-refractivity contribution in [3.8, 4) is 0 Å². The van der Waals surface area contributed by atoms with Gasteiger partial charge >= 0.3 is 11.7 Å². The third-order valence-electron chi connectivity index (χ3n) is 1.92. The Morgan fingerprint density at radius 2 is 2.25 bits per heavy atom. The molecular formula is C10H14N2O3S. The number of aromatic nitrogens is 2. The summed E-state index contributed by atoms with van der Waals surface area (Å²) < 4.78 is 5.03. The van der Waals surface area contributed by atoms with E-state index in [9.17, 15) is 9.59 Å². The quantitative estimate of drug-likeness (QED) is 0.490. The lowest BCUT2D eigenvalue weighted by Crippen LogP contribution is -2.19. The highest BCUT2D eigenvalue weighted by atomic mass is 32.2. The van der Waals surface area contributed by atoms with Gasteiger partial charge in [0.1, 0.15) is 10.6 Å². The normalized spacial score (nSPS) is 10.2. The van der Waals surface area contributed by atoms with Crippen LogP contribution in [0.3, 0.4) is 0 Å². The van der Waals surface area contributed by atoms with E-state index in [4.69, 9.17) is 4.74 Å². The summed E-state index contributed by atoms with van der Waals surface area (Å²) in [6.07, 6.45) is 2.52. The molecule has 0 saturated carbocycles. The molecule has 0 aliphatic rings. The molecule has 1 aromatic rings. The van der Waals surface area contributed by atoms with Crippen LogP contribution in [0.2, 0.25) is 0 Å². The minimum Gasteiger partial charge on any atom is -0.462 e. The first kappa shape index (κ1) is 12.8. The fraction of sp³-hybridized carbons (Fsp3) is 0.500. The standard InChI is InChI=1S/C10H14N2O3S/c1-4-5-15-9(13)7-6(2)11-10(14)12-8(7)16-3/h4-5H2,1-3H3,(H,11,12,14). The van der Waals surface area contributed by atoms with Crippen LogP contribution in [-0.4, -0.2) is 28.8 Å². The molecule has 0 aliphatic heterocycles. The predicted molar refractivity (Wildman–Crippen MR) is 61.9 cm³/mol. The monoisotopic (exact) mass is 242 g/mol. The highest BCUT2D eigenvalue weighted by molar-refractivity contribution is 7.98. The molecular weight excluding hydrogens is 228 g/mol. The van der Waals surface area contributed by atoms with Gasteiger partial charge in [-0.25, -0.2) is 9.59 Å². The van der Waals surface area contributed by atoms with Crippen molar-refractivity contribution in [3.05, 3.63) is 21.7 Å².